The van der Waals surface area contributed by atoms with Gasteiger partial charge in [0.25, 0.3) is 5.91 Å². The van der Waals surface area contributed by atoms with Crippen LogP contribution in [0.2, 0.25) is 0 Å². The molecule has 3 rings (SSSR count). The molecule has 0 radical (unpaired) electrons. The maximum atomic E-state index is 12.4. The third-order valence-electron chi connectivity index (χ3n) is 4.62. The molecule has 136 valence electrons. The average Bonchev–Trinajstić information content (AvgIpc) is 2.99. The Labute approximate surface area is 154 Å². The molecule has 0 spiro atoms. The van der Waals surface area contributed by atoms with Crippen LogP contribution in [-0.4, -0.2) is 32.0 Å². The first-order valence-electron chi connectivity index (χ1n) is 8.77. The zero-order chi connectivity index (χ0) is 18.7. The average molecular weight is 352 g/mol. The van der Waals surface area contributed by atoms with E-state index < -0.39 is 0 Å². The minimum atomic E-state index is -0.0906. The van der Waals surface area contributed by atoms with Crippen molar-refractivity contribution in [2.75, 3.05) is 25.1 Å². The zero-order valence-corrected chi connectivity index (χ0v) is 15.4. The predicted octanol–water partition coefficient (Wildman–Crippen LogP) is 3.09. The van der Waals surface area contributed by atoms with Crippen molar-refractivity contribution in [3.8, 4) is 5.75 Å². The lowest BCUT2D eigenvalue weighted by Crippen LogP contribution is -2.31. The normalized spacial score (nSPS) is 16.7. The molecule has 1 N–H and O–H groups in total. The van der Waals surface area contributed by atoms with Gasteiger partial charge in [0.05, 0.1) is 7.11 Å². The molecule has 5 nitrogen and oxygen atoms in total. The van der Waals surface area contributed by atoms with E-state index in [0.717, 1.165) is 22.6 Å². The van der Waals surface area contributed by atoms with E-state index in [4.69, 9.17) is 4.74 Å². The topological polar surface area (TPSA) is 58.6 Å². The molecule has 0 saturated carbocycles. The molecule has 1 atom stereocenters. The van der Waals surface area contributed by atoms with Gasteiger partial charge in [0.2, 0.25) is 5.91 Å². The number of aryl methyl sites for hydroxylation is 2. The number of carbonyl (C=O) groups excluding carboxylic acids is 2. The number of ether oxygens (including phenoxy) is 1. The highest BCUT2D eigenvalue weighted by molar-refractivity contribution is 5.96. The molecule has 0 bridgehead atoms. The number of hydrogen-bond acceptors (Lipinski definition) is 3. The Balaban J connectivity index is 1.59. The maximum absolute atomic E-state index is 12.4. The van der Waals surface area contributed by atoms with Gasteiger partial charge in [0.1, 0.15) is 5.75 Å². The predicted molar refractivity (Wildman–Crippen MR) is 102 cm³/mol. The van der Waals surface area contributed by atoms with Crippen LogP contribution < -0.4 is 15.0 Å². The Hall–Kier alpha value is -2.82. The van der Waals surface area contributed by atoms with Gasteiger partial charge in [-0.05, 0) is 50.2 Å². The fourth-order valence-corrected chi connectivity index (χ4v) is 3.37. The minimum absolute atomic E-state index is 0.0841. The first-order chi connectivity index (χ1) is 12.5. The first-order valence-corrected chi connectivity index (χ1v) is 8.77. The molecular weight excluding hydrogens is 328 g/mol. The lowest BCUT2D eigenvalue weighted by atomic mass is 10.1. The van der Waals surface area contributed by atoms with Gasteiger partial charge < -0.3 is 15.0 Å². The van der Waals surface area contributed by atoms with Crippen LogP contribution in [0.4, 0.5) is 5.69 Å². The number of nitrogens with zero attached hydrogens (tertiary/aromatic N) is 1. The van der Waals surface area contributed by atoms with Gasteiger partial charge in [-0.3, -0.25) is 9.59 Å². The fraction of sp³-hybridized carbons (Fsp3) is 0.333. The lowest BCUT2D eigenvalue weighted by molar-refractivity contribution is -0.117. The van der Waals surface area contributed by atoms with Crippen molar-refractivity contribution in [1.29, 1.82) is 0 Å². The summed E-state index contributed by atoms with van der Waals surface area (Å²) >= 11 is 0. The van der Waals surface area contributed by atoms with Crippen LogP contribution >= 0.6 is 0 Å². The monoisotopic (exact) mass is 352 g/mol. The van der Waals surface area contributed by atoms with Gasteiger partial charge in [-0.15, -0.1) is 0 Å². The van der Waals surface area contributed by atoms with E-state index in [1.807, 2.05) is 56.3 Å². The van der Waals surface area contributed by atoms with E-state index in [0.29, 0.717) is 25.1 Å². The molecule has 1 heterocycles. The molecule has 26 heavy (non-hydrogen) atoms. The number of carbonyl (C=O) groups is 2. The molecule has 2 aromatic rings. The standard InChI is InChI=1S/C21H24N2O3/c1-14-8-15(2)10-17(9-14)21(25)22-12-16-11-20(24)23(13-16)18-4-6-19(26-3)7-5-18/h4-10,16H,11-13H2,1-3H3,(H,22,25). The van der Waals surface area contributed by atoms with Crippen LogP contribution in [0.5, 0.6) is 5.75 Å². The summed E-state index contributed by atoms with van der Waals surface area (Å²) in [5, 5.41) is 2.97. The third kappa shape index (κ3) is 4.04. The highest BCUT2D eigenvalue weighted by Crippen LogP contribution is 2.26. The summed E-state index contributed by atoms with van der Waals surface area (Å²) in [6.07, 6.45) is 0.444. The number of anilines is 1. The zero-order valence-electron chi connectivity index (χ0n) is 15.4. The summed E-state index contributed by atoms with van der Waals surface area (Å²) in [4.78, 5) is 26.5. The third-order valence-corrected chi connectivity index (χ3v) is 4.62. The summed E-state index contributed by atoms with van der Waals surface area (Å²) in [5.41, 5.74) is 3.66. The summed E-state index contributed by atoms with van der Waals surface area (Å²) in [6, 6.07) is 13.3. The molecule has 1 saturated heterocycles. The number of amides is 2. The number of nitrogens with one attached hydrogen (secondary N) is 1. The van der Waals surface area contributed by atoms with E-state index in [2.05, 4.69) is 5.32 Å². The van der Waals surface area contributed by atoms with Crippen LogP contribution in [0.3, 0.4) is 0 Å². The molecule has 1 fully saturated rings. The fourth-order valence-electron chi connectivity index (χ4n) is 3.37. The van der Waals surface area contributed by atoms with Crippen molar-refractivity contribution in [1.82, 2.24) is 5.32 Å². The second-order valence-electron chi connectivity index (χ2n) is 6.86. The Morgan fingerprint density at radius 2 is 1.81 bits per heavy atom. The van der Waals surface area contributed by atoms with Gasteiger partial charge in [-0.2, -0.15) is 0 Å². The highest BCUT2D eigenvalue weighted by atomic mass is 16.5. The molecule has 0 aromatic heterocycles. The molecule has 5 heteroatoms. The molecule has 2 aromatic carbocycles. The Morgan fingerprint density at radius 3 is 2.42 bits per heavy atom. The molecule has 1 aliphatic rings. The van der Waals surface area contributed by atoms with Gasteiger partial charge in [-0.1, -0.05) is 17.2 Å². The van der Waals surface area contributed by atoms with Crippen molar-refractivity contribution in [2.24, 2.45) is 5.92 Å². The number of hydrogen-bond donors (Lipinski definition) is 1. The molecule has 1 aliphatic heterocycles. The lowest BCUT2D eigenvalue weighted by Gasteiger charge is -2.17. The summed E-state index contributed by atoms with van der Waals surface area (Å²) < 4.78 is 5.15. The van der Waals surface area contributed by atoms with E-state index in [9.17, 15) is 9.59 Å². The van der Waals surface area contributed by atoms with Gasteiger partial charge in [0.15, 0.2) is 0 Å². The van der Waals surface area contributed by atoms with Crippen LogP contribution in [0, 0.1) is 19.8 Å². The van der Waals surface area contributed by atoms with Crippen LogP contribution in [-0.2, 0) is 4.79 Å². The first kappa shape index (κ1) is 18.0. The largest absolute Gasteiger partial charge is 0.497 e. The number of methoxy groups -OCH3 is 1. The van der Waals surface area contributed by atoms with E-state index >= 15 is 0 Å². The molecule has 2 amide bonds. The van der Waals surface area contributed by atoms with E-state index in [1.165, 1.54) is 0 Å². The van der Waals surface area contributed by atoms with Gasteiger partial charge in [-0.25, -0.2) is 0 Å². The van der Waals surface area contributed by atoms with Crippen molar-refractivity contribution >= 4 is 17.5 Å². The van der Waals surface area contributed by atoms with Gasteiger partial charge in [0, 0.05) is 36.7 Å². The molecular formula is C21H24N2O3. The van der Waals surface area contributed by atoms with Crippen molar-refractivity contribution < 1.29 is 14.3 Å². The van der Waals surface area contributed by atoms with Crippen LogP contribution in [0.15, 0.2) is 42.5 Å². The highest BCUT2D eigenvalue weighted by Gasteiger charge is 2.30. The Morgan fingerprint density at radius 1 is 1.15 bits per heavy atom. The summed E-state index contributed by atoms with van der Waals surface area (Å²) in [6.45, 7) is 5.06. The van der Waals surface area contributed by atoms with E-state index in [1.54, 1.807) is 12.0 Å². The van der Waals surface area contributed by atoms with E-state index in [-0.39, 0.29) is 17.7 Å². The number of benzene rings is 2. The molecule has 1 unspecified atom stereocenters. The Kier molecular flexibility index (Phi) is 5.26. The molecule has 0 aliphatic carbocycles. The van der Waals surface area contributed by atoms with Crippen LogP contribution in [0.1, 0.15) is 27.9 Å². The summed E-state index contributed by atoms with van der Waals surface area (Å²) in [5.74, 6) is 0.866. The number of rotatable bonds is 5. The van der Waals surface area contributed by atoms with Crippen molar-refractivity contribution in [2.45, 2.75) is 20.3 Å². The Bertz CT molecular complexity index is 794. The second-order valence-corrected chi connectivity index (χ2v) is 6.86. The summed E-state index contributed by atoms with van der Waals surface area (Å²) in [7, 11) is 1.62. The second kappa shape index (κ2) is 7.60. The van der Waals surface area contributed by atoms with Crippen molar-refractivity contribution in [3.63, 3.8) is 0 Å². The van der Waals surface area contributed by atoms with Gasteiger partial charge >= 0.3 is 0 Å². The maximum Gasteiger partial charge on any atom is 0.251 e. The SMILES string of the molecule is COc1ccc(N2CC(CNC(=O)c3cc(C)cc(C)c3)CC2=O)cc1. The van der Waals surface area contributed by atoms with Crippen LogP contribution in [0.25, 0.3) is 0 Å². The smallest absolute Gasteiger partial charge is 0.251 e. The quantitative estimate of drug-likeness (QED) is 0.900. The minimum Gasteiger partial charge on any atom is -0.497 e. The van der Waals surface area contributed by atoms with Crippen molar-refractivity contribution in [3.05, 3.63) is 59.2 Å².